The lowest BCUT2D eigenvalue weighted by atomic mass is 9.95. The first-order valence-electron chi connectivity index (χ1n) is 9.20. The van der Waals surface area contributed by atoms with Gasteiger partial charge in [0.15, 0.2) is 18.5 Å². The van der Waals surface area contributed by atoms with Gasteiger partial charge in [0.1, 0.15) is 17.6 Å². The summed E-state index contributed by atoms with van der Waals surface area (Å²) in [4.78, 5) is 24.2. The van der Waals surface area contributed by atoms with Crippen LogP contribution >= 0.6 is 12.6 Å². The molecular weight excluding hydrogens is 384 g/mol. The molecule has 0 saturated carbocycles. The summed E-state index contributed by atoms with van der Waals surface area (Å²) in [6.07, 6.45) is -3.59. The number of carbonyl (C=O) groups is 2. The van der Waals surface area contributed by atoms with Crippen molar-refractivity contribution in [3.63, 3.8) is 0 Å². The van der Waals surface area contributed by atoms with E-state index in [0.29, 0.717) is 0 Å². The van der Waals surface area contributed by atoms with Gasteiger partial charge in [0.2, 0.25) is 0 Å². The van der Waals surface area contributed by atoms with E-state index >= 15 is 0 Å². The van der Waals surface area contributed by atoms with Gasteiger partial charge >= 0.3 is 11.9 Å². The van der Waals surface area contributed by atoms with Crippen molar-refractivity contribution in [2.45, 2.75) is 63.8 Å². The average molecular weight is 410 g/mol. The van der Waals surface area contributed by atoms with Crippen LogP contribution in [0, 0.1) is 5.41 Å². The lowest BCUT2D eigenvalue weighted by Crippen LogP contribution is -2.63. The van der Waals surface area contributed by atoms with Gasteiger partial charge in [-0.15, -0.1) is 12.6 Å². The maximum atomic E-state index is 12.6. The SMILES string of the molecule is CC(=O)O[C@H]1[C@@H](OC(=O)C(C)(C)C)[C@@H]2OC(c3ccccc3)OC[C@H]2O[C@H]1S. The zero-order valence-electron chi connectivity index (χ0n) is 16.4. The molecule has 154 valence electrons. The van der Waals surface area contributed by atoms with Crippen LogP contribution in [0.5, 0.6) is 0 Å². The quantitative estimate of drug-likeness (QED) is 0.606. The molecule has 1 aromatic rings. The first-order valence-corrected chi connectivity index (χ1v) is 9.72. The van der Waals surface area contributed by atoms with Crippen molar-refractivity contribution in [1.82, 2.24) is 0 Å². The number of hydrogen-bond donors (Lipinski definition) is 1. The summed E-state index contributed by atoms with van der Waals surface area (Å²) in [5.74, 6) is -0.947. The molecule has 0 radical (unpaired) electrons. The zero-order chi connectivity index (χ0) is 20.5. The lowest BCUT2D eigenvalue weighted by molar-refractivity contribution is -0.321. The van der Waals surface area contributed by atoms with Gasteiger partial charge in [-0.3, -0.25) is 9.59 Å². The van der Waals surface area contributed by atoms with E-state index in [4.69, 9.17) is 23.7 Å². The van der Waals surface area contributed by atoms with Gasteiger partial charge in [-0.25, -0.2) is 0 Å². The Balaban J connectivity index is 1.87. The normalized spacial score (nSPS) is 32.9. The molecule has 1 aromatic carbocycles. The molecule has 0 aliphatic carbocycles. The summed E-state index contributed by atoms with van der Waals surface area (Å²) in [6.45, 7) is 6.78. The van der Waals surface area contributed by atoms with Gasteiger partial charge < -0.3 is 23.7 Å². The van der Waals surface area contributed by atoms with E-state index < -0.39 is 53.5 Å². The highest BCUT2D eigenvalue weighted by atomic mass is 32.1. The Morgan fingerprint density at radius 1 is 1.07 bits per heavy atom. The number of ether oxygens (including phenoxy) is 5. The molecule has 8 heteroatoms. The number of hydrogen-bond acceptors (Lipinski definition) is 8. The minimum Gasteiger partial charge on any atom is -0.455 e. The summed E-state index contributed by atoms with van der Waals surface area (Å²) in [5.41, 5.74) is -0.674. The molecule has 0 spiro atoms. The van der Waals surface area contributed by atoms with E-state index in [1.54, 1.807) is 20.8 Å². The number of benzene rings is 1. The average Bonchev–Trinajstić information content (AvgIpc) is 2.63. The van der Waals surface area contributed by atoms with Gasteiger partial charge in [-0.05, 0) is 20.8 Å². The Morgan fingerprint density at radius 2 is 1.75 bits per heavy atom. The topological polar surface area (TPSA) is 80.3 Å². The molecule has 0 aromatic heterocycles. The molecule has 3 rings (SSSR count). The first-order chi connectivity index (χ1) is 13.2. The van der Waals surface area contributed by atoms with Crippen molar-refractivity contribution >= 4 is 24.6 Å². The van der Waals surface area contributed by atoms with E-state index in [0.717, 1.165) is 5.56 Å². The van der Waals surface area contributed by atoms with Crippen LogP contribution in [-0.4, -0.2) is 48.4 Å². The van der Waals surface area contributed by atoms with E-state index in [1.165, 1.54) is 6.92 Å². The maximum absolute atomic E-state index is 12.6. The fourth-order valence-electron chi connectivity index (χ4n) is 3.09. The fraction of sp³-hybridized carbons (Fsp3) is 0.600. The van der Waals surface area contributed by atoms with E-state index in [9.17, 15) is 9.59 Å². The Kier molecular flexibility index (Phi) is 6.34. The Morgan fingerprint density at radius 3 is 2.36 bits per heavy atom. The summed E-state index contributed by atoms with van der Waals surface area (Å²) in [6, 6.07) is 9.43. The Labute approximate surface area is 170 Å². The molecular formula is C20H26O7S. The van der Waals surface area contributed by atoms with Crippen LogP contribution in [0.3, 0.4) is 0 Å². The molecule has 2 fully saturated rings. The Bertz CT molecular complexity index is 702. The number of thiol groups is 1. The molecule has 6 atom stereocenters. The van der Waals surface area contributed by atoms with Gasteiger partial charge in [-0.1, -0.05) is 30.3 Å². The third kappa shape index (κ3) is 4.68. The van der Waals surface area contributed by atoms with Crippen LogP contribution in [0.2, 0.25) is 0 Å². The molecule has 0 N–H and O–H groups in total. The third-order valence-corrected chi connectivity index (χ3v) is 4.95. The molecule has 0 amide bonds. The third-order valence-electron chi connectivity index (χ3n) is 4.53. The van der Waals surface area contributed by atoms with Crippen LogP contribution < -0.4 is 0 Å². The lowest BCUT2D eigenvalue weighted by Gasteiger charge is -2.47. The predicted molar refractivity (Wildman–Crippen MR) is 103 cm³/mol. The minimum absolute atomic E-state index is 0.234. The monoisotopic (exact) mass is 410 g/mol. The van der Waals surface area contributed by atoms with Crippen molar-refractivity contribution < 1.29 is 33.3 Å². The van der Waals surface area contributed by atoms with Gasteiger partial charge in [-0.2, -0.15) is 0 Å². The molecule has 1 unspecified atom stereocenters. The van der Waals surface area contributed by atoms with Gasteiger partial charge in [0, 0.05) is 12.5 Å². The summed E-state index contributed by atoms with van der Waals surface area (Å²) >= 11 is 4.39. The molecule has 2 aliphatic rings. The summed E-state index contributed by atoms with van der Waals surface area (Å²) in [5, 5.41) is 0. The number of rotatable bonds is 3. The second-order valence-corrected chi connectivity index (χ2v) is 8.44. The van der Waals surface area contributed by atoms with Gasteiger partial charge in [0.25, 0.3) is 0 Å². The summed E-state index contributed by atoms with van der Waals surface area (Å²) in [7, 11) is 0. The number of fused-ring (bicyclic) bond motifs is 1. The molecule has 0 bridgehead atoms. The maximum Gasteiger partial charge on any atom is 0.311 e. The van der Waals surface area contributed by atoms with Crippen LogP contribution in [0.4, 0.5) is 0 Å². The molecule has 28 heavy (non-hydrogen) atoms. The van der Waals surface area contributed by atoms with Crippen molar-refractivity contribution in [2.24, 2.45) is 5.41 Å². The fourth-order valence-corrected chi connectivity index (χ4v) is 3.48. The number of carbonyl (C=O) groups excluding carboxylic acids is 2. The second-order valence-electron chi connectivity index (χ2n) is 7.94. The van der Waals surface area contributed by atoms with E-state index in [2.05, 4.69) is 12.6 Å². The van der Waals surface area contributed by atoms with Crippen molar-refractivity contribution in [1.29, 1.82) is 0 Å². The highest BCUT2D eigenvalue weighted by Crippen LogP contribution is 2.37. The molecule has 2 aliphatic heterocycles. The standard InChI is InChI=1S/C20H26O7S/c1-11(21)24-16-15(27-19(22)20(2,3)4)14-13(25-18(16)28)10-23-17(26-14)12-8-6-5-7-9-12/h5-9,13-18,28H,10H2,1-4H3/t13-,14-,15+,16+,17?,18+/m1/s1. The van der Waals surface area contributed by atoms with Crippen molar-refractivity contribution in [2.75, 3.05) is 6.61 Å². The molecule has 2 heterocycles. The highest BCUT2D eigenvalue weighted by molar-refractivity contribution is 7.80. The number of esters is 2. The largest absolute Gasteiger partial charge is 0.455 e. The predicted octanol–water partition coefficient (Wildman–Crippen LogP) is 2.64. The van der Waals surface area contributed by atoms with Crippen LogP contribution in [0.1, 0.15) is 39.5 Å². The van der Waals surface area contributed by atoms with Crippen molar-refractivity contribution in [3.05, 3.63) is 35.9 Å². The molecule has 7 nitrogen and oxygen atoms in total. The molecule has 2 saturated heterocycles. The highest BCUT2D eigenvalue weighted by Gasteiger charge is 2.53. The van der Waals surface area contributed by atoms with Crippen LogP contribution in [-0.2, 0) is 33.3 Å². The van der Waals surface area contributed by atoms with Crippen molar-refractivity contribution in [3.8, 4) is 0 Å². The first kappa shape index (κ1) is 21.1. The Hall–Kier alpha value is -1.61. The van der Waals surface area contributed by atoms with E-state index in [-0.39, 0.29) is 6.61 Å². The van der Waals surface area contributed by atoms with Crippen LogP contribution in [0.25, 0.3) is 0 Å². The zero-order valence-corrected chi connectivity index (χ0v) is 17.3. The summed E-state index contributed by atoms with van der Waals surface area (Å²) < 4.78 is 28.9. The van der Waals surface area contributed by atoms with Gasteiger partial charge in [0.05, 0.1) is 12.0 Å². The van der Waals surface area contributed by atoms with E-state index in [1.807, 2.05) is 30.3 Å². The second kappa shape index (κ2) is 8.41. The minimum atomic E-state index is -0.900. The van der Waals surface area contributed by atoms with Crippen LogP contribution in [0.15, 0.2) is 30.3 Å². The smallest absolute Gasteiger partial charge is 0.311 e.